The summed E-state index contributed by atoms with van der Waals surface area (Å²) in [5.41, 5.74) is 0.911. The molecule has 0 aliphatic carbocycles. The summed E-state index contributed by atoms with van der Waals surface area (Å²) in [6, 6.07) is 7.43. The van der Waals surface area contributed by atoms with Crippen LogP contribution in [0, 0.1) is 0 Å². The minimum absolute atomic E-state index is 0.672. The molecule has 72 valence electrons. The van der Waals surface area contributed by atoms with Crippen molar-refractivity contribution in [1.82, 2.24) is 9.36 Å². The van der Waals surface area contributed by atoms with E-state index in [1.54, 1.807) is 0 Å². The number of hydrogen-bond donors (Lipinski definition) is 1. The lowest BCUT2D eigenvalue weighted by atomic mass is 10.2. The SMILES string of the molecule is NSc1nc(-c2cccc(Cl)c2)ns1. The summed E-state index contributed by atoms with van der Waals surface area (Å²) in [6.07, 6.45) is 0. The van der Waals surface area contributed by atoms with Gasteiger partial charge < -0.3 is 0 Å². The topological polar surface area (TPSA) is 51.8 Å². The Kier molecular flexibility index (Phi) is 3.02. The van der Waals surface area contributed by atoms with Crippen molar-refractivity contribution < 1.29 is 0 Å². The standard InChI is InChI=1S/C8H6ClN3S2/c9-6-3-1-2-5(4-6)7-11-8(13-10)14-12-7/h1-4H,10H2. The van der Waals surface area contributed by atoms with Gasteiger partial charge in [0.2, 0.25) is 0 Å². The highest BCUT2D eigenvalue weighted by Crippen LogP contribution is 2.23. The molecule has 0 saturated carbocycles. The molecule has 3 nitrogen and oxygen atoms in total. The number of benzene rings is 1. The first-order valence-electron chi connectivity index (χ1n) is 3.76. The van der Waals surface area contributed by atoms with Gasteiger partial charge in [0.15, 0.2) is 10.2 Å². The number of aromatic nitrogens is 2. The molecule has 1 aromatic heterocycles. The van der Waals surface area contributed by atoms with Gasteiger partial charge in [0.25, 0.3) is 0 Å². The van der Waals surface area contributed by atoms with Gasteiger partial charge in [-0.2, -0.15) is 4.37 Å². The molecule has 6 heteroatoms. The summed E-state index contributed by atoms with van der Waals surface area (Å²) in [4.78, 5) is 4.23. The highest BCUT2D eigenvalue weighted by Gasteiger charge is 2.05. The molecule has 0 spiro atoms. The molecule has 0 radical (unpaired) electrons. The highest BCUT2D eigenvalue weighted by molar-refractivity contribution is 7.98. The zero-order valence-electron chi connectivity index (χ0n) is 6.98. The maximum absolute atomic E-state index is 5.85. The van der Waals surface area contributed by atoms with Gasteiger partial charge in [0.05, 0.1) is 0 Å². The first-order valence-corrected chi connectivity index (χ1v) is 5.79. The summed E-state index contributed by atoms with van der Waals surface area (Å²) in [6.45, 7) is 0. The lowest BCUT2D eigenvalue weighted by molar-refractivity contribution is 1.22. The van der Waals surface area contributed by atoms with Crippen molar-refractivity contribution in [3.63, 3.8) is 0 Å². The van der Waals surface area contributed by atoms with Gasteiger partial charge >= 0.3 is 0 Å². The summed E-state index contributed by atoms with van der Waals surface area (Å²) < 4.78 is 4.92. The molecule has 2 rings (SSSR count). The molecule has 1 aromatic carbocycles. The molecule has 14 heavy (non-hydrogen) atoms. The monoisotopic (exact) mass is 243 g/mol. The Morgan fingerprint density at radius 3 is 2.93 bits per heavy atom. The number of halogens is 1. The van der Waals surface area contributed by atoms with E-state index in [1.165, 1.54) is 11.5 Å². The van der Waals surface area contributed by atoms with E-state index in [2.05, 4.69) is 9.36 Å². The van der Waals surface area contributed by atoms with Gasteiger partial charge in [-0.1, -0.05) is 23.7 Å². The van der Waals surface area contributed by atoms with E-state index < -0.39 is 0 Å². The molecular formula is C8H6ClN3S2. The van der Waals surface area contributed by atoms with Gasteiger partial charge in [-0.05, 0) is 35.6 Å². The quantitative estimate of drug-likeness (QED) is 0.825. The van der Waals surface area contributed by atoms with Crippen LogP contribution in [0.1, 0.15) is 0 Å². The van der Waals surface area contributed by atoms with E-state index in [9.17, 15) is 0 Å². The second-order valence-electron chi connectivity index (χ2n) is 2.51. The maximum atomic E-state index is 5.85. The number of nitrogens with zero attached hydrogens (tertiary/aromatic N) is 2. The van der Waals surface area contributed by atoms with Gasteiger partial charge in [-0.25, -0.2) is 4.98 Å². The molecule has 0 aliphatic heterocycles. The minimum Gasteiger partial charge on any atom is -0.272 e. The fourth-order valence-corrected chi connectivity index (χ4v) is 2.05. The molecule has 0 bridgehead atoms. The molecule has 0 fully saturated rings. The van der Waals surface area contributed by atoms with Gasteiger partial charge in [0.1, 0.15) is 0 Å². The van der Waals surface area contributed by atoms with E-state index in [0.717, 1.165) is 21.9 Å². The molecule has 0 amide bonds. The minimum atomic E-state index is 0.672. The summed E-state index contributed by atoms with van der Waals surface area (Å²) >= 11 is 8.24. The fourth-order valence-electron chi connectivity index (χ4n) is 1.00. The number of rotatable bonds is 2. The predicted molar refractivity (Wildman–Crippen MR) is 60.4 cm³/mol. The van der Waals surface area contributed by atoms with Crippen molar-refractivity contribution >= 4 is 35.1 Å². The third kappa shape index (κ3) is 2.06. The normalized spacial score (nSPS) is 10.4. The molecular weight excluding hydrogens is 238 g/mol. The van der Waals surface area contributed by atoms with Crippen molar-refractivity contribution in [3.8, 4) is 11.4 Å². The molecule has 0 atom stereocenters. The average molecular weight is 244 g/mol. The Hall–Kier alpha value is -0.620. The van der Waals surface area contributed by atoms with Crippen molar-refractivity contribution in [2.45, 2.75) is 4.34 Å². The predicted octanol–water partition coefficient (Wildman–Crippen LogP) is 2.82. The molecule has 0 unspecified atom stereocenters. The fraction of sp³-hybridized carbons (Fsp3) is 0. The third-order valence-electron chi connectivity index (χ3n) is 1.59. The summed E-state index contributed by atoms with van der Waals surface area (Å²) in [5, 5.41) is 6.05. The lowest BCUT2D eigenvalue weighted by Crippen LogP contribution is -1.81. The molecule has 2 aromatic rings. The zero-order valence-corrected chi connectivity index (χ0v) is 9.36. The third-order valence-corrected chi connectivity index (χ3v) is 3.14. The van der Waals surface area contributed by atoms with Crippen LogP contribution >= 0.6 is 35.1 Å². The number of hydrogen-bond acceptors (Lipinski definition) is 5. The Bertz CT molecular complexity index is 444. The van der Waals surface area contributed by atoms with Crippen LogP contribution in [-0.2, 0) is 0 Å². The van der Waals surface area contributed by atoms with Crippen LogP contribution < -0.4 is 5.14 Å². The van der Waals surface area contributed by atoms with E-state index in [-0.39, 0.29) is 0 Å². The van der Waals surface area contributed by atoms with E-state index in [0.29, 0.717) is 10.8 Å². The first-order chi connectivity index (χ1) is 6.79. The molecule has 2 N–H and O–H groups in total. The largest absolute Gasteiger partial charge is 0.272 e. The molecule has 1 heterocycles. The van der Waals surface area contributed by atoms with Gasteiger partial charge in [-0.3, -0.25) is 5.14 Å². The maximum Gasteiger partial charge on any atom is 0.185 e. The lowest BCUT2D eigenvalue weighted by Gasteiger charge is -1.94. The van der Waals surface area contributed by atoms with Gasteiger partial charge in [-0.15, -0.1) is 0 Å². The van der Waals surface area contributed by atoms with E-state index >= 15 is 0 Å². The molecule has 0 saturated heterocycles. The second kappa shape index (κ2) is 4.27. The van der Waals surface area contributed by atoms with Gasteiger partial charge in [0, 0.05) is 10.6 Å². The van der Waals surface area contributed by atoms with Crippen LogP contribution in [0.15, 0.2) is 28.6 Å². The smallest absolute Gasteiger partial charge is 0.185 e. The first kappa shape index (κ1) is 9.92. The number of nitrogens with two attached hydrogens (primary N) is 1. The van der Waals surface area contributed by atoms with Crippen LogP contribution in [0.4, 0.5) is 0 Å². The highest BCUT2D eigenvalue weighted by atomic mass is 35.5. The summed E-state index contributed by atoms with van der Waals surface area (Å²) in [7, 11) is 0. The van der Waals surface area contributed by atoms with E-state index in [4.69, 9.17) is 16.7 Å². The Labute approximate surface area is 94.6 Å². The van der Waals surface area contributed by atoms with Crippen molar-refractivity contribution in [3.05, 3.63) is 29.3 Å². The van der Waals surface area contributed by atoms with Crippen LogP contribution in [0.5, 0.6) is 0 Å². The Morgan fingerprint density at radius 1 is 1.43 bits per heavy atom. The van der Waals surface area contributed by atoms with Crippen molar-refractivity contribution in [2.75, 3.05) is 0 Å². The van der Waals surface area contributed by atoms with Crippen LogP contribution in [0.25, 0.3) is 11.4 Å². The van der Waals surface area contributed by atoms with Crippen molar-refractivity contribution in [1.29, 1.82) is 0 Å². The van der Waals surface area contributed by atoms with Crippen LogP contribution in [0.3, 0.4) is 0 Å². The Balaban J connectivity index is 2.39. The molecule has 0 aliphatic rings. The van der Waals surface area contributed by atoms with Crippen LogP contribution in [-0.4, -0.2) is 9.36 Å². The zero-order chi connectivity index (χ0) is 9.97. The average Bonchev–Trinajstić information content (AvgIpc) is 2.66. The van der Waals surface area contributed by atoms with Crippen molar-refractivity contribution in [2.24, 2.45) is 5.14 Å². The second-order valence-corrected chi connectivity index (χ2v) is 4.58. The van der Waals surface area contributed by atoms with E-state index in [1.807, 2.05) is 24.3 Å². The van der Waals surface area contributed by atoms with Crippen LogP contribution in [0.2, 0.25) is 5.02 Å². The Morgan fingerprint density at radius 2 is 2.29 bits per heavy atom. The summed E-state index contributed by atoms with van der Waals surface area (Å²) in [5.74, 6) is 0.672.